The SMILES string of the molecule is COc1ccc(S(=O)(=O)N(C)N=CC(=O)O)cc1. The van der Waals surface area contributed by atoms with Crippen LogP contribution in [0.2, 0.25) is 0 Å². The summed E-state index contributed by atoms with van der Waals surface area (Å²) in [5.41, 5.74) is 0. The highest BCUT2D eigenvalue weighted by Crippen LogP contribution is 2.18. The summed E-state index contributed by atoms with van der Waals surface area (Å²) >= 11 is 0. The molecule has 0 bridgehead atoms. The standard InChI is InChI=1S/C10H12N2O5S/c1-12(11-7-10(13)14)18(15,16)9-5-3-8(17-2)4-6-9/h3-7H,1-2H3,(H,13,14). The van der Waals surface area contributed by atoms with Crippen LogP contribution in [-0.2, 0) is 14.8 Å². The minimum absolute atomic E-state index is 0.00617. The molecule has 0 aliphatic heterocycles. The van der Waals surface area contributed by atoms with Crippen LogP contribution in [0.1, 0.15) is 0 Å². The van der Waals surface area contributed by atoms with Gasteiger partial charge in [-0.2, -0.15) is 17.9 Å². The van der Waals surface area contributed by atoms with E-state index in [4.69, 9.17) is 9.84 Å². The molecule has 0 fully saturated rings. The molecule has 0 unspecified atom stereocenters. The van der Waals surface area contributed by atoms with Crippen molar-refractivity contribution in [3.8, 4) is 5.75 Å². The number of carboxylic acids is 1. The van der Waals surface area contributed by atoms with Gasteiger partial charge in [0.25, 0.3) is 10.0 Å². The molecule has 0 aliphatic rings. The number of methoxy groups -OCH3 is 1. The quantitative estimate of drug-likeness (QED) is 0.617. The van der Waals surface area contributed by atoms with Crippen molar-refractivity contribution < 1.29 is 23.1 Å². The number of sulfonamides is 1. The minimum Gasteiger partial charge on any atom is -0.497 e. The Bertz CT molecular complexity index is 550. The van der Waals surface area contributed by atoms with E-state index in [9.17, 15) is 13.2 Å². The highest BCUT2D eigenvalue weighted by Gasteiger charge is 2.19. The van der Waals surface area contributed by atoms with Gasteiger partial charge in [0, 0.05) is 7.05 Å². The third-order valence-corrected chi connectivity index (χ3v) is 3.69. The molecule has 7 nitrogen and oxygen atoms in total. The van der Waals surface area contributed by atoms with Gasteiger partial charge in [0.05, 0.1) is 12.0 Å². The van der Waals surface area contributed by atoms with Crippen molar-refractivity contribution in [3.63, 3.8) is 0 Å². The molecule has 98 valence electrons. The molecule has 0 aliphatic carbocycles. The summed E-state index contributed by atoms with van der Waals surface area (Å²) in [7, 11) is -1.23. The Balaban J connectivity index is 3.01. The van der Waals surface area contributed by atoms with E-state index in [0.29, 0.717) is 16.4 Å². The Morgan fingerprint density at radius 1 is 1.39 bits per heavy atom. The molecular formula is C10H12N2O5S. The van der Waals surface area contributed by atoms with E-state index in [-0.39, 0.29) is 4.90 Å². The zero-order valence-corrected chi connectivity index (χ0v) is 10.6. The van der Waals surface area contributed by atoms with Gasteiger partial charge in [-0.15, -0.1) is 0 Å². The summed E-state index contributed by atoms with van der Waals surface area (Å²) in [5, 5.41) is 11.7. The number of hydrazone groups is 1. The molecule has 1 aromatic rings. The largest absolute Gasteiger partial charge is 0.497 e. The Morgan fingerprint density at radius 3 is 2.39 bits per heavy atom. The Kier molecular flexibility index (Phi) is 4.27. The average Bonchev–Trinajstić information content (AvgIpc) is 2.35. The van der Waals surface area contributed by atoms with Crippen LogP contribution in [0.4, 0.5) is 0 Å². The van der Waals surface area contributed by atoms with E-state index in [0.717, 1.165) is 7.05 Å². The third-order valence-electron chi connectivity index (χ3n) is 2.04. The molecule has 0 amide bonds. The molecule has 0 spiro atoms. The van der Waals surface area contributed by atoms with E-state index < -0.39 is 16.0 Å². The van der Waals surface area contributed by atoms with Crippen molar-refractivity contribution >= 4 is 22.2 Å². The Morgan fingerprint density at radius 2 is 1.94 bits per heavy atom. The molecular weight excluding hydrogens is 260 g/mol. The van der Waals surface area contributed by atoms with Gasteiger partial charge in [-0.3, -0.25) is 0 Å². The van der Waals surface area contributed by atoms with Crippen molar-refractivity contribution in [2.45, 2.75) is 4.90 Å². The predicted molar refractivity (Wildman–Crippen MR) is 64.1 cm³/mol. The van der Waals surface area contributed by atoms with Crippen LogP contribution in [-0.4, -0.2) is 44.3 Å². The zero-order valence-electron chi connectivity index (χ0n) is 9.77. The van der Waals surface area contributed by atoms with Gasteiger partial charge in [-0.05, 0) is 24.3 Å². The van der Waals surface area contributed by atoms with Crippen molar-refractivity contribution in [2.24, 2.45) is 5.10 Å². The number of rotatable bonds is 5. The zero-order chi connectivity index (χ0) is 13.8. The van der Waals surface area contributed by atoms with Gasteiger partial charge in [-0.1, -0.05) is 0 Å². The lowest BCUT2D eigenvalue weighted by atomic mass is 10.3. The van der Waals surface area contributed by atoms with E-state index in [2.05, 4.69) is 5.10 Å². The fraction of sp³-hybridized carbons (Fsp3) is 0.200. The first-order valence-electron chi connectivity index (χ1n) is 4.78. The highest BCUT2D eigenvalue weighted by atomic mass is 32.2. The second kappa shape index (κ2) is 5.50. The Labute approximate surface area is 104 Å². The number of hydrogen-bond donors (Lipinski definition) is 1. The van der Waals surface area contributed by atoms with Crippen molar-refractivity contribution in [1.82, 2.24) is 4.41 Å². The van der Waals surface area contributed by atoms with Crippen LogP contribution in [0, 0.1) is 0 Å². The number of carboxylic acid groups (broad SMARTS) is 1. The normalized spacial score (nSPS) is 11.4. The maximum atomic E-state index is 11.9. The molecule has 1 N–H and O–H groups in total. The lowest BCUT2D eigenvalue weighted by Crippen LogP contribution is -2.22. The molecule has 1 rings (SSSR count). The first kappa shape index (κ1) is 14.0. The van der Waals surface area contributed by atoms with Crippen LogP contribution in [0.5, 0.6) is 5.75 Å². The maximum absolute atomic E-state index is 11.9. The molecule has 0 heterocycles. The van der Waals surface area contributed by atoms with Crippen LogP contribution < -0.4 is 4.74 Å². The van der Waals surface area contributed by atoms with E-state index in [1.165, 1.54) is 31.4 Å². The topological polar surface area (TPSA) is 96.3 Å². The summed E-state index contributed by atoms with van der Waals surface area (Å²) < 4.78 is 29.3. The summed E-state index contributed by atoms with van der Waals surface area (Å²) in [6.45, 7) is 0. The van der Waals surface area contributed by atoms with Gasteiger partial charge >= 0.3 is 5.97 Å². The second-order valence-corrected chi connectivity index (χ2v) is 5.15. The van der Waals surface area contributed by atoms with Crippen LogP contribution in [0.25, 0.3) is 0 Å². The van der Waals surface area contributed by atoms with Gasteiger partial charge in [0.1, 0.15) is 12.0 Å². The lowest BCUT2D eigenvalue weighted by molar-refractivity contribution is -0.128. The smallest absolute Gasteiger partial charge is 0.348 e. The fourth-order valence-corrected chi connectivity index (χ4v) is 2.05. The van der Waals surface area contributed by atoms with E-state index in [1.54, 1.807) is 0 Å². The molecule has 1 aromatic carbocycles. The number of carbonyl (C=O) groups is 1. The van der Waals surface area contributed by atoms with Crippen molar-refractivity contribution in [1.29, 1.82) is 0 Å². The van der Waals surface area contributed by atoms with E-state index in [1.807, 2.05) is 0 Å². The van der Waals surface area contributed by atoms with E-state index >= 15 is 0 Å². The number of hydrogen-bond acceptors (Lipinski definition) is 5. The van der Waals surface area contributed by atoms with Gasteiger partial charge < -0.3 is 9.84 Å². The lowest BCUT2D eigenvalue weighted by Gasteiger charge is -2.13. The first-order chi connectivity index (χ1) is 8.37. The summed E-state index contributed by atoms with van der Waals surface area (Å²) in [5.74, 6) is -0.808. The van der Waals surface area contributed by atoms with Crippen molar-refractivity contribution in [2.75, 3.05) is 14.2 Å². The summed E-state index contributed by atoms with van der Waals surface area (Å²) in [6.07, 6.45) is 0.501. The maximum Gasteiger partial charge on any atom is 0.348 e. The van der Waals surface area contributed by atoms with Crippen molar-refractivity contribution in [3.05, 3.63) is 24.3 Å². The number of ether oxygens (including phenoxy) is 1. The predicted octanol–water partition coefficient (Wildman–Crippen LogP) is 0.386. The average molecular weight is 272 g/mol. The summed E-state index contributed by atoms with van der Waals surface area (Å²) in [4.78, 5) is 10.3. The molecule has 0 saturated carbocycles. The molecule has 18 heavy (non-hydrogen) atoms. The van der Waals surface area contributed by atoms with Crippen LogP contribution in [0.15, 0.2) is 34.3 Å². The Hall–Kier alpha value is -2.09. The molecule has 0 saturated heterocycles. The second-order valence-electron chi connectivity index (χ2n) is 3.20. The first-order valence-corrected chi connectivity index (χ1v) is 6.22. The molecule has 8 heteroatoms. The number of nitrogens with zero attached hydrogens (tertiary/aromatic N) is 2. The number of aliphatic carboxylic acids is 1. The summed E-state index contributed by atoms with van der Waals surface area (Å²) in [6, 6.07) is 5.67. The molecule has 0 atom stereocenters. The van der Waals surface area contributed by atoms with Gasteiger partial charge in [0.2, 0.25) is 0 Å². The van der Waals surface area contributed by atoms with Crippen LogP contribution >= 0.6 is 0 Å². The molecule has 0 aromatic heterocycles. The van der Waals surface area contributed by atoms with Gasteiger partial charge in [-0.25, -0.2) is 4.79 Å². The highest BCUT2D eigenvalue weighted by molar-refractivity contribution is 7.89. The fourth-order valence-electron chi connectivity index (χ4n) is 1.09. The van der Waals surface area contributed by atoms with Gasteiger partial charge in [0.15, 0.2) is 0 Å². The van der Waals surface area contributed by atoms with Crippen LogP contribution in [0.3, 0.4) is 0 Å². The third kappa shape index (κ3) is 3.20. The monoisotopic (exact) mass is 272 g/mol. The minimum atomic E-state index is -3.84. The number of benzene rings is 1. The molecule has 0 radical (unpaired) electrons.